The van der Waals surface area contributed by atoms with Crippen molar-refractivity contribution in [3.8, 4) is 0 Å². The molecule has 0 aliphatic rings. The molecule has 0 spiro atoms. The molecule has 0 atom stereocenters. The second-order valence-electron chi connectivity index (χ2n) is 7.06. The summed E-state index contributed by atoms with van der Waals surface area (Å²) in [4.78, 5) is 37.8. The van der Waals surface area contributed by atoms with Crippen molar-refractivity contribution in [1.82, 2.24) is 4.57 Å². The topological polar surface area (TPSA) is 77.4 Å². The van der Waals surface area contributed by atoms with E-state index in [0.29, 0.717) is 44.2 Å². The van der Waals surface area contributed by atoms with Gasteiger partial charge < -0.3 is 14.6 Å². The number of alkyl halides is 2. The fourth-order valence-electron chi connectivity index (χ4n) is 3.48. The molecule has 1 N–H and O–H groups in total. The molecule has 33 heavy (non-hydrogen) atoms. The molecular weight excluding hydrogens is 450 g/mol. The fraction of sp³-hybridized carbons (Fsp3) is 0.125. The van der Waals surface area contributed by atoms with E-state index in [9.17, 15) is 23.2 Å². The lowest BCUT2D eigenvalue weighted by molar-refractivity contribution is -0.147. The smallest absolute Gasteiger partial charge is 0.326 e. The summed E-state index contributed by atoms with van der Waals surface area (Å²) in [6.45, 7) is -0.698. The van der Waals surface area contributed by atoms with Gasteiger partial charge in [-0.25, -0.2) is 0 Å². The molecule has 9 heteroatoms. The van der Waals surface area contributed by atoms with Gasteiger partial charge in [-0.05, 0) is 48.5 Å². The van der Waals surface area contributed by atoms with Crippen LogP contribution in [0.15, 0.2) is 82.5 Å². The lowest BCUT2D eigenvalue weighted by Gasteiger charge is -2.14. The number of carbonyl (C=O) groups excluding carboxylic acids is 2. The van der Waals surface area contributed by atoms with E-state index in [4.69, 9.17) is 4.74 Å². The lowest BCUT2D eigenvalue weighted by atomic mass is 10.1. The van der Waals surface area contributed by atoms with Crippen LogP contribution in [0.25, 0.3) is 21.8 Å². The van der Waals surface area contributed by atoms with E-state index in [1.165, 1.54) is 24.3 Å². The number of nitrogens with zero attached hydrogens (tertiary/aromatic N) is 1. The Kier molecular flexibility index (Phi) is 6.69. The van der Waals surface area contributed by atoms with E-state index in [-0.39, 0.29) is 12.0 Å². The highest BCUT2D eigenvalue weighted by Crippen LogP contribution is 2.26. The number of para-hydroxylation sites is 2. The van der Waals surface area contributed by atoms with Crippen LogP contribution in [-0.4, -0.2) is 28.8 Å². The van der Waals surface area contributed by atoms with E-state index in [2.05, 4.69) is 5.32 Å². The van der Waals surface area contributed by atoms with E-state index in [1.54, 1.807) is 53.1 Å². The number of hydrogen-bond acceptors (Lipinski definition) is 5. The largest absolute Gasteiger partial charge is 0.454 e. The van der Waals surface area contributed by atoms with E-state index in [0.717, 1.165) is 0 Å². The summed E-state index contributed by atoms with van der Waals surface area (Å²) >= 11 is 0.406. The van der Waals surface area contributed by atoms with Crippen LogP contribution in [0.2, 0.25) is 0 Å². The molecule has 0 aliphatic carbocycles. The van der Waals surface area contributed by atoms with Gasteiger partial charge in [0.2, 0.25) is 0 Å². The van der Waals surface area contributed by atoms with Crippen LogP contribution in [0.4, 0.5) is 14.5 Å². The first-order valence-corrected chi connectivity index (χ1v) is 10.8. The number of rotatable bonds is 7. The fourth-order valence-corrected chi connectivity index (χ4v) is 3.98. The van der Waals surface area contributed by atoms with Crippen molar-refractivity contribution >= 4 is 51.1 Å². The molecule has 0 fully saturated rings. The van der Waals surface area contributed by atoms with Crippen LogP contribution < -0.4 is 10.7 Å². The van der Waals surface area contributed by atoms with Crippen LogP contribution in [0.3, 0.4) is 0 Å². The van der Waals surface area contributed by atoms with Gasteiger partial charge in [0.15, 0.2) is 12.0 Å². The van der Waals surface area contributed by atoms with E-state index in [1.807, 2.05) is 0 Å². The van der Waals surface area contributed by atoms with Gasteiger partial charge in [0, 0.05) is 21.4 Å². The Morgan fingerprint density at radius 3 is 2.06 bits per heavy atom. The van der Waals surface area contributed by atoms with Gasteiger partial charge in [-0.2, -0.15) is 8.78 Å². The SMILES string of the molecule is O=C(COC(=O)Cn1c2ccccc2c(=O)c2ccccc21)Nc1ccc(SC(F)F)cc1. The third-order valence-electron chi connectivity index (χ3n) is 4.89. The Labute approximate surface area is 191 Å². The number of nitrogens with one attached hydrogen (secondary N) is 1. The average molecular weight is 468 g/mol. The summed E-state index contributed by atoms with van der Waals surface area (Å²) in [6.07, 6.45) is 0. The standard InChI is InChI=1S/C24H18F2N2O4S/c25-24(26)33-16-11-9-15(10-12-16)27-21(29)14-32-22(30)13-28-19-7-3-1-5-17(19)23(31)18-6-2-4-8-20(18)28/h1-12,24H,13-14H2,(H,27,29). The molecule has 0 bridgehead atoms. The second kappa shape index (κ2) is 9.83. The van der Waals surface area contributed by atoms with Gasteiger partial charge in [0.1, 0.15) is 6.54 Å². The van der Waals surface area contributed by atoms with Crippen LogP contribution in [0.5, 0.6) is 0 Å². The number of fused-ring (bicyclic) bond motifs is 2. The van der Waals surface area contributed by atoms with Gasteiger partial charge in [-0.3, -0.25) is 14.4 Å². The Morgan fingerprint density at radius 2 is 1.48 bits per heavy atom. The highest BCUT2D eigenvalue weighted by atomic mass is 32.2. The number of pyridine rings is 1. The molecule has 4 aromatic rings. The number of amides is 1. The van der Waals surface area contributed by atoms with E-state index < -0.39 is 24.2 Å². The number of ether oxygens (including phenoxy) is 1. The predicted octanol–water partition coefficient (Wildman–Crippen LogP) is 4.65. The van der Waals surface area contributed by atoms with Crippen molar-refractivity contribution < 1.29 is 23.1 Å². The van der Waals surface area contributed by atoms with Crippen LogP contribution in [0.1, 0.15) is 0 Å². The molecule has 0 saturated heterocycles. The molecular formula is C24H18F2N2O4S. The monoisotopic (exact) mass is 468 g/mol. The van der Waals surface area contributed by atoms with Gasteiger partial charge in [0.05, 0.1) is 11.0 Å². The predicted molar refractivity (Wildman–Crippen MR) is 124 cm³/mol. The third kappa shape index (κ3) is 5.20. The minimum absolute atomic E-state index is 0.122. The molecule has 3 aromatic carbocycles. The molecule has 4 rings (SSSR count). The zero-order chi connectivity index (χ0) is 23.4. The number of benzene rings is 3. The number of anilines is 1. The summed E-state index contributed by atoms with van der Waals surface area (Å²) in [5.41, 5.74) is 1.45. The summed E-state index contributed by atoms with van der Waals surface area (Å²) in [5, 5.41) is 3.51. The normalized spacial score (nSPS) is 11.1. The molecule has 168 valence electrons. The molecule has 1 amide bonds. The Morgan fingerprint density at radius 1 is 0.909 bits per heavy atom. The number of esters is 1. The number of thioether (sulfide) groups is 1. The van der Waals surface area contributed by atoms with Crippen LogP contribution in [-0.2, 0) is 20.9 Å². The molecule has 1 aromatic heterocycles. The molecule has 1 heterocycles. The first-order chi connectivity index (χ1) is 15.9. The summed E-state index contributed by atoms with van der Waals surface area (Å²) < 4.78 is 31.6. The van der Waals surface area contributed by atoms with Crippen LogP contribution >= 0.6 is 11.8 Å². The lowest BCUT2D eigenvalue weighted by Crippen LogP contribution is -2.24. The molecule has 0 unspecified atom stereocenters. The molecule has 6 nitrogen and oxygen atoms in total. The minimum atomic E-state index is -2.53. The maximum Gasteiger partial charge on any atom is 0.326 e. The highest BCUT2D eigenvalue weighted by molar-refractivity contribution is 7.99. The number of hydrogen-bond donors (Lipinski definition) is 1. The van der Waals surface area contributed by atoms with Crippen molar-refractivity contribution in [2.45, 2.75) is 17.2 Å². The van der Waals surface area contributed by atoms with Crippen molar-refractivity contribution in [1.29, 1.82) is 0 Å². The Balaban J connectivity index is 1.44. The minimum Gasteiger partial charge on any atom is -0.454 e. The zero-order valence-electron chi connectivity index (χ0n) is 17.2. The van der Waals surface area contributed by atoms with Crippen molar-refractivity contribution in [3.05, 3.63) is 83.0 Å². The molecule has 0 saturated carbocycles. The van der Waals surface area contributed by atoms with Crippen molar-refractivity contribution in [2.75, 3.05) is 11.9 Å². The number of aromatic nitrogens is 1. The average Bonchev–Trinajstić information content (AvgIpc) is 2.81. The zero-order valence-corrected chi connectivity index (χ0v) is 18.0. The maximum absolute atomic E-state index is 12.8. The molecule has 0 radical (unpaired) electrons. The number of carbonyl (C=O) groups is 2. The van der Waals surface area contributed by atoms with Gasteiger partial charge in [-0.15, -0.1) is 0 Å². The van der Waals surface area contributed by atoms with Crippen LogP contribution in [0, 0.1) is 0 Å². The summed E-state index contributed by atoms with van der Waals surface area (Å²) in [7, 11) is 0. The maximum atomic E-state index is 12.8. The van der Waals surface area contributed by atoms with Crippen molar-refractivity contribution in [3.63, 3.8) is 0 Å². The first-order valence-electron chi connectivity index (χ1n) is 9.93. The van der Waals surface area contributed by atoms with Crippen molar-refractivity contribution in [2.24, 2.45) is 0 Å². The summed E-state index contributed by atoms with van der Waals surface area (Å²) in [6, 6.07) is 19.9. The van der Waals surface area contributed by atoms with Gasteiger partial charge >= 0.3 is 5.97 Å². The number of halogens is 2. The van der Waals surface area contributed by atoms with E-state index >= 15 is 0 Å². The first kappa shape index (κ1) is 22.5. The Hall–Kier alpha value is -3.72. The molecule has 0 aliphatic heterocycles. The van der Waals surface area contributed by atoms with Gasteiger partial charge in [-0.1, -0.05) is 36.0 Å². The highest BCUT2D eigenvalue weighted by Gasteiger charge is 2.15. The quantitative estimate of drug-likeness (QED) is 0.243. The second-order valence-corrected chi connectivity index (χ2v) is 8.12. The third-order valence-corrected chi connectivity index (χ3v) is 5.62. The summed E-state index contributed by atoms with van der Waals surface area (Å²) in [5.74, 6) is -3.73. The van der Waals surface area contributed by atoms with Gasteiger partial charge in [0.25, 0.3) is 11.7 Å². The Bertz CT molecular complexity index is 1330.